The molecule has 138 valence electrons. The summed E-state index contributed by atoms with van der Waals surface area (Å²) >= 11 is 0.720. The van der Waals surface area contributed by atoms with Gasteiger partial charge in [0.25, 0.3) is 0 Å². The molecule has 2 heteroatoms. The summed E-state index contributed by atoms with van der Waals surface area (Å²) in [5, 5.41) is 0. The van der Waals surface area contributed by atoms with Gasteiger partial charge < -0.3 is 0 Å². The molecule has 27 heavy (non-hydrogen) atoms. The molecule has 0 N–H and O–H groups in total. The first-order valence-corrected chi connectivity index (χ1v) is 13.0. The SMILES string of the molecule is CCCCC/C([Se]c1ccccc1)=C(\[Se]c1ccccc1)c1ccccc1. The number of allylic oxidation sites excluding steroid dienone is 1. The third-order valence-corrected chi connectivity index (χ3v) is 9.84. The predicted molar refractivity (Wildman–Crippen MR) is 121 cm³/mol. The maximum absolute atomic E-state index is 2.29. The Bertz CT molecular complexity index is 824. The first kappa shape index (κ1) is 20.2. The van der Waals surface area contributed by atoms with Gasteiger partial charge in [-0.2, -0.15) is 0 Å². The van der Waals surface area contributed by atoms with E-state index in [0.717, 1.165) is 0 Å². The first-order chi connectivity index (χ1) is 13.4. The summed E-state index contributed by atoms with van der Waals surface area (Å²) in [6.07, 6.45) is 5.11. The third-order valence-electron chi connectivity index (χ3n) is 4.24. The molecule has 0 atom stereocenters. The summed E-state index contributed by atoms with van der Waals surface area (Å²) in [7, 11) is 0. The Hall–Kier alpha value is -1.56. The Morgan fingerprint density at radius 2 is 1.15 bits per heavy atom. The molecule has 0 spiro atoms. The molecular weight excluding hydrogens is 458 g/mol. The topological polar surface area (TPSA) is 0 Å². The van der Waals surface area contributed by atoms with Crippen LogP contribution < -0.4 is 8.92 Å². The molecule has 0 nitrogen and oxygen atoms in total. The molecule has 0 saturated heterocycles. The van der Waals surface area contributed by atoms with Crippen LogP contribution in [0, 0.1) is 0 Å². The zero-order valence-corrected chi connectivity index (χ0v) is 19.2. The summed E-state index contributed by atoms with van der Waals surface area (Å²) in [6, 6.07) is 33.1. The van der Waals surface area contributed by atoms with E-state index in [1.807, 2.05) is 0 Å². The fourth-order valence-corrected chi connectivity index (χ4v) is 8.02. The molecule has 0 heterocycles. The Morgan fingerprint density at radius 1 is 0.630 bits per heavy atom. The monoisotopic (exact) mass is 486 g/mol. The van der Waals surface area contributed by atoms with Crippen LogP contribution >= 0.6 is 0 Å². The number of benzene rings is 3. The molecule has 3 rings (SSSR count). The van der Waals surface area contributed by atoms with Crippen molar-refractivity contribution >= 4 is 43.3 Å². The van der Waals surface area contributed by atoms with Gasteiger partial charge in [0.05, 0.1) is 0 Å². The second-order valence-corrected chi connectivity index (χ2v) is 11.1. The quantitative estimate of drug-likeness (QED) is 0.297. The second-order valence-electron chi connectivity index (χ2n) is 6.41. The van der Waals surface area contributed by atoms with Crippen LogP contribution in [0.3, 0.4) is 0 Å². The molecule has 0 aliphatic heterocycles. The van der Waals surface area contributed by atoms with Gasteiger partial charge in [0.15, 0.2) is 0 Å². The van der Waals surface area contributed by atoms with E-state index in [4.69, 9.17) is 0 Å². The average molecular weight is 484 g/mol. The van der Waals surface area contributed by atoms with Crippen LogP contribution in [-0.2, 0) is 0 Å². The molecule has 0 bridgehead atoms. The van der Waals surface area contributed by atoms with Crippen molar-refractivity contribution in [3.05, 3.63) is 101 Å². The van der Waals surface area contributed by atoms with Crippen molar-refractivity contribution in [3.8, 4) is 0 Å². The van der Waals surface area contributed by atoms with Gasteiger partial charge in [-0.1, -0.05) is 0 Å². The summed E-state index contributed by atoms with van der Waals surface area (Å²) < 4.78 is 6.21. The summed E-state index contributed by atoms with van der Waals surface area (Å²) in [6.45, 7) is 2.29. The number of unbranched alkanes of at least 4 members (excludes halogenated alkanes) is 2. The summed E-state index contributed by atoms with van der Waals surface area (Å²) in [5.74, 6) is 0. The molecule has 0 unspecified atom stereocenters. The molecule has 0 aliphatic carbocycles. The average Bonchev–Trinajstić information content (AvgIpc) is 2.74. The molecular formula is C25H26Se2. The van der Waals surface area contributed by atoms with E-state index in [1.165, 1.54) is 40.2 Å². The van der Waals surface area contributed by atoms with Crippen LogP contribution in [0.4, 0.5) is 0 Å². The van der Waals surface area contributed by atoms with Crippen molar-refractivity contribution in [3.63, 3.8) is 0 Å². The van der Waals surface area contributed by atoms with Crippen LogP contribution in [0.2, 0.25) is 0 Å². The fourth-order valence-electron chi connectivity index (χ4n) is 2.85. The van der Waals surface area contributed by atoms with Crippen molar-refractivity contribution in [2.45, 2.75) is 32.6 Å². The molecule has 0 fully saturated rings. The van der Waals surface area contributed by atoms with E-state index in [2.05, 4.69) is 97.9 Å². The molecule has 3 aromatic rings. The number of rotatable bonds is 9. The maximum atomic E-state index is 2.29. The van der Waals surface area contributed by atoms with Gasteiger partial charge in [-0.05, 0) is 0 Å². The van der Waals surface area contributed by atoms with E-state index in [9.17, 15) is 0 Å². The van der Waals surface area contributed by atoms with Crippen molar-refractivity contribution in [2.75, 3.05) is 0 Å². The standard InChI is InChI=1S/C25H26Se2/c1-2-3-7-20-24(26-22-16-10-5-11-17-22)25(21-14-8-4-9-15-21)27-23-18-12-6-13-19-23/h4-6,8-19H,2-3,7,20H2,1H3/b25-24+. The molecule has 0 radical (unpaired) electrons. The van der Waals surface area contributed by atoms with E-state index in [0.29, 0.717) is 29.9 Å². The predicted octanol–water partition coefficient (Wildman–Crippen LogP) is 4.99. The van der Waals surface area contributed by atoms with Gasteiger partial charge in [-0.15, -0.1) is 0 Å². The second kappa shape index (κ2) is 11.3. The third kappa shape index (κ3) is 6.52. The Labute approximate surface area is 176 Å². The van der Waals surface area contributed by atoms with E-state index in [-0.39, 0.29) is 0 Å². The molecule has 0 amide bonds. The van der Waals surface area contributed by atoms with Crippen LogP contribution in [0.1, 0.15) is 38.2 Å². The van der Waals surface area contributed by atoms with Crippen LogP contribution in [0.25, 0.3) is 4.47 Å². The minimum atomic E-state index is 0.334. The normalized spacial score (nSPS) is 11.9. The Balaban J connectivity index is 2.00. The zero-order valence-electron chi connectivity index (χ0n) is 15.8. The Morgan fingerprint density at radius 3 is 1.70 bits per heavy atom. The van der Waals surface area contributed by atoms with Gasteiger partial charge in [0.2, 0.25) is 0 Å². The van der Waals surface area contributed by atoms with Crippen molar-refractivity contribution in [2.24, 2.45) is 0 Å². The zero-order chi connectivity index (χ0) is 18.7. The van der Waals surface area contributed by atoms with Crippen molar-refractivity contribution in [1.82, 2.24) is 0 Å². The molecule has 0 aromatic heterocycles. The number of hydrogen-bond donors (Lipinski definition) is 0. The van der Waals surface area contributed by atoms with E-state index >= 15 is 0 Å². The van der Waals surface area contributed by atoms with Crippen LogP contribution in [-0.4, -0.2) is 29.9 Å². The summed E-state index contributed by atoms with van der Waals surface area (Å²) in [5.41, 5.74) is 1.41. The molecule has 0 saturated carbocycles. The van der Waals surface area contributed by atoms with Gasteiger partial charge in [-0.25, -0.2) is 0 Å². The van der Waals surface area contributed by atoms with Gasteiger partial charge in [-0.3, -0.25) is 0 Å². The van der Waals surface area contributed by atoms with E-state index in [1.54, 1.807) is 8.94 Å². The van der Waals surface area contributed by atoms with Crippen LogP contribution in [0.5, 0.6) is 0 Å². The van der Waals surface area contributed by atoms with E-state index < -0.39 is 0 Å². The van der Waals surface area contributed by atoms with Crippen LogP contribution in [0.15, 0.2) is 95.5 Å². The Kier molecular flexibility index (Phi) is 8.46. The van der Waals surface area contributed by atoms with Crippen molar-refractivity contribution < 1.29 is 0 Å². The van der Waals surface area contributed by atoms with Crippen molar-refractivity contribution in [1.29, 1.82) is 0 Å². The number of hydrogen-bond acceptors (Lipinski definition) is 0. The van der Waals surface area contributed by atoms with Gasteiger partial charge in [0.1, 0.15) is 0 Å². The molecule has 0 aliphatic rings. The summed E-state index contributed by atoms with van der Waals surface area (Å²) in [4.78, 5) is 0. The minimum absolute atomic E-state index is 0.334. The fraction of sp³-hybridized carbons (Fsp3) is 0.200. The first-order valence-electron chi connectivity index (χ1n) is 9.61. The van der Waals surface area contributed by atoms with Gasteiger partial charge >= 0.3 is 177 Å². The molecule has 3 aromatic carbocycles. The van der Waals surface area contributed by atoms with Gasteiger partial charge in [0, 0.05) is 0 Å².